The maximum Gasteiger partial charge on any atom is 0.0672 e. The third-order valence-corrected chi connectivity index (χ3v) is 4.24. The lowest BCUT2D eigenvalue weighted by molar-refractivity contribution is 0.125. The van der Waals surface area contributed by atoms with Gasteiger partial charge >= 0.3 is 0 Å². The molecule has 3 nitrogen and oxygen atoms in total. The van der Waals surface area contributed by atoms with Gasteiger partial charge in [0.1, 0.15) is 0 Å². The van der Waals surface area contributed by atoms with Gasteiger partial charge in [0, 0.05) is 18.6 Å². The minimum absolute atomic E-state index is 0.143. The fourth-order valence-electron chi connectivity index (χ4n) is 3.41. The molecule has 1 fully saturated rings. The molecule has 2 atom stereocenters. The quantitative estimate of drug-likeness (QED) is 0.504. The minimum Gasteiger partial charge on any atom is -0.376 e. The van der Waals surface area contributed by atoms with Crippen molar-refractivity contribution >= 4 is 0 Å². The van der Waals surface area contributed by atoms with E-state index < -0.39 is 0 Å². The Morgan fingerprint density at radius 3 is 2.85 bits per heavy atom. The zero-order chi connectivity index (χ0) is 15.0. The van der Waals surface area contributed by atoms with Crippen LogP contribution in [0.1, 0.15) is 52.9 Å². The highest BCUT2D eigenvalue weighted by atomic mass is 16.5. The summed E-state index contributed by atoms with van der Waals surface area (Å²) in [5.74, 6) is 1.61. The molecule has 0 aliphatic heterocycles. The molecule has 0 aromatic heterocycles. The molecule has 0 spiro atoms. The van der Waals surface area contributed by atoms with E-state index in [0.717, 1.165) is 37.1 Å². The molecular weight excluding hydrogens is 248 g/mol. The first-order valence-corrected chi connectivity index (χ1v) is 8.14. The van der Waals surface area contributed by atoms with Gasteiger partial charge in [0.15, 0.2) is 0 Å². The van der Waals surface area contributed by atoms with E-state index in [0.29, 0.717) is 6.61 Å². The standard InChI is InChI=1S/C17H34N2O/c1-14(2)10-16-6-5-7-17(11-16,13-18)19-8-9-20-12-15(3)4/h14,16,19H,3,5-13,18H2,1-2,4H3. The monoisotopic (exact) mass is 282 g/mol. The third-order valence-electron chi connectivity index (χ3n) is 4.24. The molecule has 0 aromatic carbocycles. The molecule has 20 heavy (non-hydrogen) atoms. The van der Waals surface area contributed by atoms with Gasteiger partial charge in [-0.3, -0.25) is 0 Å². The van der Waals surface area contributed by atoms with Crippen molar-refractivity contribution in [2.45, 2.75) is 58.4 Å². The van der Waals surface area contributed by atoms with Crippen molar-refractivity contribution in [2.24, 2.45) is 17.6 Å². The Bertz CT molecular complexity index is 291. The van der Waals surface area contributed by atoms with Crippen molar-refractivity contribution in [3.63, 3.8) is 0 Å². The predicted octanol–water partition coefficient (Wildman–Crippen LogP) is 3.10. The van der Waals surface area contributed by atoms with Gasteiger partial charge in [-0.15, -0.1) is 0 Å². The Balaban J connectivity index is 2.35. The molecule has 0 heterocycles. The Hall–Kier alpha value is -0.380. The van der Waals surface area contributed by atoms with Gasteiger partial charge in [-0.25, -0.2) is 0 Å². The molecule has 0 bridgehead atoms. The van der Waals surface area contributed by atoms with E-state index in [9.17, 15) is 0 Å². The van der Waals surface area contributed by atoms with Crippen LogP contribution in [0.5, 0.6) is 0 Å². The lowest BCUT2D eigenvalue weighted by Gasteiger charge is -2.41. The van der Waals surface area contributed by atoms with Gasteiger partial charge in [-0.1, -0.05) is 38.8 Å². The fraction of sp³-hybridized carbons (Fsp3) is 0.882. The average Bonchev–Trinajstić information content (AvgIpc) is 2.37. The largest absolute Gasteiger partial charge is 0.376 e. The van der Waals surface area contributed by atoms with E-state index in [-0.39, 0.29) is 5.54 Å². The maximum absolute atomic E-state index is 6.08. The first-order chi connectivity index (χ1) is 9.47. The SMILES string of the molecule is C=C(C)COCCNC1(CN)CCCC(CC(C)C)C1. The number of hydrogen-bond acceptors (Lipinski definition) is 3. The second-order valence-electron chi connectivity index (χ2n) is 7.01. The predicted molar refractivity (Wildman–Crippen MR) is 86.8 cm³/mol. The van der Waals surface area contributed by atoms with Gasteiger partial charge in [0.25, 0.3) is 0 Å². The van der Waals surface area contributed by atoms with E-state index >= 15 is 0 Å². The minimum atomic E-state index is 0.143. The van der Waals surface area contributed by atoms with Crippen LogP contribution in [0.15, 0.2) is 12.2 Å². The molecule has 0 aromatic rings. The van der Waals surface area contributed by atoms with Crippen LogP contribution in [-0.4, -0.2) is 31.8 Å². The zero-order valence-electron chi connectivity index (χ0n) is 13.7. The summed E-state index contributed by atoms with van der Waals surface area (Å²) in [5.41, 5.74) is 7.30. The van der Waals surface area contributed by atoms with Crippen molar-refractivity contribution in [3.8, 4) is 0 Å². The van der Waals surface area contributed by atoms with Crippen LogP contribution in [0.2, 0.25) is 0 Å². The summed E-state index contributed by atoms with van der Waals surface area (Å²) in [6.45, 7) is 13.5. The van der Waals surface area contributed by atoms with Gasteiger partial charge in [0.2, 0.25) is 0 Å². The summed E-state index contributed by atoms with van der Waals surface area (Å²) in [7, 11) is 0. The molecule has 1 aliphatic rings. The number of rotatable bonds is 9. The first kappa shape index (κ1) is 17.7. The molecule has 0 radical (unpaired) electrons. The summed E-state index contributed by atoms with van der Waals surface area (Å²) < 4.78 is 5.56. The van der Waals surface area contributed by atoms with Crippen LogP contribution in [0.3, 0.4) is 0 Å². The van der Waals surface area contributed by atoms with E-state index in [1.54, 1.807) is 0 Å². The summed E-state index contributed by atoms with van der Waals surface area (Å²) in [6, 6.07) is 0. The van der Waals surface area contributed by atoms with Crippen molar-refractivity contribution in [1.29, 1.82) is 0 Å². The average molecular weight is 282 g/mol. The zero-order valence-corrected chi connectivity index (χ0v) is 13.7. The summed E-state index contributed by atoms with van der Waals surface area (Å²) in [4.78, 5) is 0. The molecule has 1 rings (SSSR count). The topological polar surface area (TPSA) is 47.3 Å². The number of ether oxygens (including phenoxy) is 1. The highest BCUT2D eigenvalue weighted by Gasteiger charge is 2.34. The Labute approximate surface area is 125 Å². The number of hydrogen-bond donors (Lipinski definition) is 2. The Kier molecular flexibility index (Phi) is 7.78. The van der Waals surface area contributed by atoms with Gasteiger partial charge in [-0.2, -0.15) is 0 Å². The van der Waals surface area contributed by atoms with Crippen LogP contribution < -0.4 is 11.1 Å². The summed E-state index contributed by atoms with van der Waals surface area (Å²) in [5, 5.41) is 3.68. The fourth-order valence-corrected chi connectivity index (χ4v) is 3.41. The van der Waals surface area contributed by atoms with Crippen LogP contribution >= 0.6 is 0 Å². The molecule has 118 valence electrons. The lowest BCUT2D eigenvalue weighted by Crippen LogP contribution is -2.55. The maximum atomic E-state index is 6.08. The van der Waals surface area contributed by atoms with Crippen molar-refractivity contribution in [1.82, 2.24) is 5.32 Å². The summed E-state index contributed by atoms with van der Waals surface area (Å²) in [6.07, 6.45) is 6.43. The second-order valence-corrected chi connectivity index (χ2v) is 7.01. The number of nitrogens with two attached hydrogens (primary N) is 1. The highest BCUT2D eigenvalue weighted by Crippen LogP contribution is 2.35. The third kappa shape index (κ3) is 6.38. The second kappa shape index (κ2) is 8.81. The van der Waals surface area contributed by atoms with Crippen LogP contribution in [0, 0.1) is 11.8 Å². The lowest BCUT2D eigenvalue weighted by atomic mass is 9.73. The van der Waals surface area contributed by atoms with Crippen LogP contribution in [-0.2, 0) is 4.74 Å². The van der Waals surface area contributed by atoms with Crippen molar-refractivity contribution < 1.29 is 4.74 Å². The Morgan fingerprint density at radius 1 is 1.50 bits per heavy atom. The van der Waals surface area contributed by atoms with E-state index in [1.165, 1.54) is 32.1 Å². The van der Waals surface area contributed by atoms with E-state index in [4.69, 9.17) is 10.5 Å². The summed E-state index contributed by atoms with van der Waals surface area (Å²) >= 11 is 0. The Morgan fingerprint density at radius 2 is 2.25 bits per heavy atom. The molecule has 1 saturated carbocycles. The van der Waals surface area contributed by atoms with Crippen molar-refractivity contribution in [3.05, 3.63) is 12.2 Å². The molecule has 0 amide bonds. The molecule has 2 unspecified atom stereocenters. The normalized spacial score (nSPS) is 26.9. The molecule has 3 heteroatoms. The highest BCUT2D eigenvalue weighted by molar-refractivity contribution is 4.95. The molecule has 1 aliphatic carbocycles. The van der Waals surface area contributed by atoms with Gasteiger partial charge < -0.3 is 15.8 Å². The van der Waals surface area contributed by atoms with E-state index in [2.05, 4.69) is 25.7 Å². The van der Waals surface area contributed by atoms with Crippen molar-refractivity contribution in [2.75, 3.05) is 26.3 Å². The smallest absolute Gasteiger partial charge is 0.0672 e. The molecule has 3 N–H and O–H groups in total. The van der Waals surface area contributed by atoms with Crippen LogP contribution in [0.4, 0.5) is 0 Å². The van der Waals surface area contributed by atoms with Gasteiger partial charge in [0.05, 0.1) is 13.2 Å². The molecular formula is C17H34N2O. The van der Waals surface area contributed by atoms with Gasteiger partial charge in [-0.05, 0) is 38.0 Å². The number of nitrogens with one attached hydrogen (secondary N) is 1. The molecule has 0 saturated heterocycles. The van der Waals surface area contributed by atoms with Crippen LogP contribution in [0.25, 0.3) is 0 Å². The first-order valence-electron chi connectivity index (χ1n) is 8.14. The van der Waals surface area contributed by atoms with E-state index in [1.807, 2.05) is 6.92 Å².